The molecule has 0 aliphatic carbocycles. The number of aliphatic carboxylic acids is 1. The summed E-state index contributed by atoms with van der Waals surface area (Å²) in [5.74, 6) is -0.120. The molecule has 1 N–H and O–H groups in total. The Hall–Kier alpha value is -2.54. The lowest BCUT2D eigenvalue weighted by Crippen LogP contribution is -2.27. The molecule has 1 aliphatic rings. The zero-order valence-corrected chi connectivity index (χ0v) is 15.7. The predicted octanol–water partition coefficient (Wildman–Crippen LogP) is 2.51. The number of likely N-dealkylation sites (tertiary alicyclic amines) is 1. The first-order valence-corrected chi connectivity index (χ1v) is 9.12. The topological polar surface area (TPSA) is 69.6 Å². The van der Waals surface area contributed by atoms with E-state index in [1.807, 2.05) is 12.1 Å². The van der Waals surface area contributed by atoms with E-state index in [1.54, 1.807) is 32.4 Å². The number of aromatic nitrogens is 2. The Balaban J connectivity index is 1.52. The van der Waals surface area contributed by atoms with E-state index in [1.165, 1.54) is 4.90 Å². The fourth-order valence-electron chi connectivity index (χ4n) is 3.48. The first-order chi connectivity index (χ1) is 12.9. The molecule has 0 radical (unpaired) electrons. The van der Waals surface area contributed by atoms with E-state index in [0.717, 1.165) is 43.6 Å². The van der Waals surface area contributed by atoms with Crippen molar-refractivity contribution in [1.29, 1.82) is 0 Å². The van der Waals surface area contributed by atoms with Crippen molar-refractivity contribution < 1.29 is 14.3 Å². The third-order valence-electron chi connectivity index (χ3n) is 4.94. The van der Waals surface area contributed by atoms with Crippen molar-refractivity contribution >= 4 is 11.9 Å². The Morgan fingerprint density at radius 3 is 2.74 bits per heavy atom. The third-order valence-corrected chi connectivity index (χ3v) is 4.94. The molecule has 27 heavy (non-hydrogen) atoms. The highest BCUT2D eigenvalue weighted by atomic mass is 19.1. The lowest BCUT2D eigenvalue weighted by atomic mass is 9.98. The zero-order valence-electron chi connectivity index (χ0n) is 15.7. The van der Waals surface area contributed by atoms with Crippen LogP contribution in [0.25, 0.3) is 0 Å². The van der Waals surface area contributed by atoms with Crippen LogP contribution in [0.5, 0.6) is 0 Å². The lowest BCUT2D eigenvalue weighted by molar-refractivity contribution is -0.135. The van der Waals surface area contributed by atoms with Crippen molar-refractivity contribution in [3.05, 3.63) is 53.1 Å². The van der Waals surface area contributed by atoms with E-state index in [0.29, 0.717) is 17.4 Å². The maximum Gasteiger partial charge on any atom is 0.323 e. The molecule has 6 nitrogen and oxygen atoms in total. The SMILES string of the molecule is Cc1ccc(CC2CCN(Cc3cnc(N(C)CC(=O)O)nc3)C2)cc1F. The fraction of sp³-hybridized carbons (Fsp3) is 0.450. The van der Waals surface area contributed by atoms with Gasteiger partial charge in [-0.2, -0.15) is 0 Å². The van der Waals surface area contributed by atoms with Gasteiger partial charge < -0.3 is 10.0 Å². The Bertz CT molecular complexity index is 797. The van der Waals surface area contributed by atoms with Gasteiger partial charge in [0.05, 0.1) is 0 Å². The van der Waals surface area contributed by atoms with Gasteiger partial charge >= 0.3 is 5.97 Å². The molecular formula is C20H25FN4O2. The van der Waals surface area contributed by atoms with Gasteiger partial charge in [0.1, 0.15) is 12.4 Å². The molecule has 1 aliphatic heterocycles. The minimum absolute atomic E-state index is 0.132. The molecule has 2 heterocycles. The smallest absolute Gasteiger partial charge is 0.323 e. The summed E-state index contributed by atoms with van der Waals surface area (Å²) in [4.78, 5) is 23.1. The highest BCUT2D eigenvalue weighted by molar-refractivity contribution is 5.72. The zero-order chi connectivity index (χ0) is 19.4. The average molecular weight is 372 g/mol. The summed E-state index contributed by atoms with van der Waals surface area (Å²) < 4.78 is 13.7. The van der Waals surface area contributed by atoms with Gasteiger partial charge in [-0.05, 0) is 49.4 Å². The number of hydrogen-bond acceptors (Lipinski definition) is 5. The molecule has 2 aromatic rings. The first-order valence-electron chi connectivity index (χ1n) is 9.12. The van der Waals surface area contributed by atoms with Crippen LogP contribution < -0.4 is 4.90 Å². The second kappa shape index (κ2) is 8.43. The van der Waals surface area contributed by atoms with Crippen LogP contribution >= 0.6 is 0 Å². The largest absolute Gasteiger partial charge is 0.480 e. The van der Waals surface area contributed by atoms with Gasteiger partial charge in [-0.25, -0.2) is 14.4 Å². The van der Waals surface area contributed by atoms with Crippen LogP contribution in [0.2, 0.25) is 0 Å². The summed E-state index contributed by atoms with van der Waals surface area (Å²) >= 11 is 0. The Kier molecular flexibility index (Phi) is 6.01. The summed E-state index contributed by atoms with van der Waals surface area (Å²) in [6, 6.07) is 5.51. The van der Waals surface area contributed by atoms with E-state index in [2.05, 4.69) is 14.9 Å². The Morgan fingerprint density at radius 1 is 1.33 bits per heavy atom. The molecule has 0 saturated carbocycles. The molecule has 0 spiro atoms. The number of carbonyl (C=O) groups is 1. The van der Waals surface area contributed by atoms with Gasteiger partial charge in [0, 0.05) is 38.1 Å². The number of carboxylic acids is 1. The summed E-state index contributed by atoms with van der Waals surface area (Å²) in [7, 11) is 1.65. The van der Waals surface area contributed by atoms with Crippen molar-refractivity contribution in [1.82, 2.24) is 14.9 Å². The van der Waals surface area contributed by atoms with E-state index in [9.17, 15) is 9.18 Å². The molecule has 1 aromatic carbocycles. The highest BCUT2D eigenvalue weighted by Crippen LogP contribution is 2.23. The maximum absolute atomic E-state index is 13.7. The van der Waals surface area contributed by atoms with Gasteiger partial charge in [0.2, 0.25) is 5.95 Å². The van der Waals surface area contributed by atoms with Crippen LogP contribution in [0, 0.1) is 18.7 Å². The van der Waals surface area contributed by atoms with E-state index >= 15 is 0 Å². The first kappa shape index (κ1) is 19.2. The van der Waals surface area contributed by atoms with Crippen LogP contribution in [0.15, 0.2) is 30.6 Å². The van der Waals surface area contributed by atoms with Crippen LogP contribution in [-0.4, -0.2) is 52.6 Å². The monoisotopic (exact) mass is 372 g/mol. The molecule has 1 saturated heterocycles. The molecule has 1 unspecified atom stereocenters. The van der Waals surface area contributed by atoms with Crippen molar-refractivity contribution in [2.75, 3.05) is 31.6 Å². The number of anilines is 1. The number of aryl methyl sites for hydroxylation is 1. The number of halogens is 1. The van der Waals surface area contributed by atoms with Gasteiger partial charge in [-0.1, -0.05) is 12.1 Å². The summed E-state index contributed by atoms with van der Waals surface area (Å²) in [6.45, 7) is 4.38. The van der Waals surface area contributed by atoms with Gasteiger partial charge in [-0.3, -0.25) is 9.69 Å². The number of benzene rings is 1. The average Bonchev–Trinajstić information content (AvgIpc) is 3.05. The van der Waals surface area contributed by atoms with Crippen LogP contribution in [-0.2, 0) is 17.8 Å². The molecule has 0 amide bonds. The summed E-state index contributed by atoms with van der Waals surface area (Å²) in [5, 5.41) is 8.82. The maximum atomic E-state index is 13.7. The van der Waals surface area contributed by atoms with Crippen molar-refractivity contribution in [3.63, 3.8) is 0 Å². The molecule has 1 atom stereocenters. The molecule has 0 bridgehead atoms. The highest BCUT2D eigenvalue weighted by Gasteiger charge is 2.23. The van der Waals surface area contributed by atoms with Gasteiger partial charge in [0.25, 0.3) is 0 Å². The van der Waals surface area contributed by atoms with Crippen LogP contribution in [0.3, 0.4) is 0 Å². The summed E-state index contributed by atoms with van der Waals surface area (Å²) in [6.07, 6.45) is 5.49. The minimum Gasteiger partial charge on any atom is -0.480 e. The quantitative estimate of drug-likeness (QED) is 0.805. The molecular weight excluding hydrogens is 347 g/mol. The second-order valence-corrected chi connectivity index (χ2v) is 7.32. The molecule has 1 fully saturated rings. The van der Waals surface area contributed by atoms with Crippen molar-refractivity contribution in [3.8, 4) is 0 Å². The predicted molar refractivity (Wildman–Crippen MR) is 101 cm³/mol. The lowest BCUT2D eigenvalue weighted by Gasteiger charge is -2.17. The molecule has 7 heteroatoms. The molecule has 144 valence electrons. The van der Waals surface area contributed by atoms with Crippen LogP contribution in [0.1, 0.15) is 23.1 Å². The van der Waals surface area contributed by atoms with E-state index < -0.39 is 5.97 Å². The van der Waals surface area contributed by atoms with Gasteiger partial charge in [-0.15, -0.1) is 0 Å². The minimum atomic E-state index is -0.915. The summed E-state index contributed by atoms with van der Waals surface area (Å²) in [5.41, 5.74) is 2.74. The Labute approximate surface area is 158 Å². The molecule has 1 aromatic heterocycles. The number of likely N-dealkylation sites (N-methyl/N-ethyl adjacent to an activating group) is 1. The van der Waals surface area contributed by atoms with Gasteiger partial charge in [0.15, 0.2) is 0 Å². The fourth-order valence-corrected chi connectivity index (χ4v) is 3.48. The van der Waals surface area contributed by atoms with Crippen molar-refractivity contribution in [2.24, 2.45) is 5.92 Å². The number of carboxylic acid groups (broad SMARTS) is 1. The second-order valence-electron chi connectivity index (χ2n) is 7.32. The number of nitrogens with zero attached hydrogens (tertiary/aromatic N) is 4. The number of rotatable bonds is 7. The van der Waals surface area contributed by atoms with E-state index in [4.69, 9.17) is 5.11 Å². The normalized spacial score (nSPS) is 17.2. The van der Waals surface area contributed by atoms with Crippen molar-refractivity contribution in [2.45, 2.75) is 26.3 Å². The standard InChI is InChI=1S/C20H25FN4O2/c1-14-3-4-15(8-18(14)21)7-16-5-6-25(11-16)12-17-9-22-20(23-10-17)24(2)13-19(26)27/h3-4,8-10,16H,5-7,11-13H2,1-2H3,(H,26,27). The molecule has 3 rings (SSSR count). The van der Waals surface area contributed by atoms with Crippen LogP contribution in [0.4, 0.5) is 10.3 Å². The van der Waals surface area contributed by atoms with E-state index in [-0.39, 0.29) is 12.4 Å². The Morgan fingerprint density at radius 2 is 2.07 bits per heavy atom. The third kappa shape index (κ3) is 5.23. The number of hydrogen-bond donors (Lipinski definition) is 1.